The molecule has 1 heterocycles. The van der Waals surface area contributed by atoms with E-state index in [0.717, 1.165) is 12.8 Å². The van der Waals surface area contributed by atoms with Crippen LogP contribution in [0.2, 0.25) is 0 Å². The van der Waals surface area contributed by atoms with Gasteiger partial charge in [-0.3, -0.25) is 14.9 Å². The summed E-state index contributed by atoms with van der Waals surface area (Å²) in [7, 11) is 0. The SMILES string of the molecule is O=C(c1ccccc1[N+](=O)[O-])N1CCCC1CCl. The van der Waals surface area contributed by atoms with E-state index in [4.69, 9.17) is 11.6 Å². The largest absolute Gasteiger partial charge is 0.334 e. The Hall–Kier alpha value is -1.62. The summed E-state index contributed by atoms with van der Waals surface area (Å²) in [5, 5.41) is 10.9. The second-order valence-electron chi connectivity index (χ2n) is 4.22. The van der Waals surface area contributed by atoms with E-state index in [1.54, 1.807) is 17.0 Å². The Kier molecular flexibility index (Phi) is 3.81. The molecule has 1 unspecified atom stereocenters. The zero-order chi connectivity index (χ0) is 13.1. The standard InChI is InChI=1S/C12H13ClN2O3/c13-8-9-4-3-7-14(9)12(16)10-5-1-2-6-11(10)15(17)18/h1-2,5-6,9H,3-4,7-8H2. The third-order valence-corrected chi connectivity index (χ3v) is 3.50. The van der Waals surface area contributed by atoms with Gasteiger partial charge in [0.05, 0.1) is 4.92 Å². The lowest BCUT2D eigenvalue weighted by Gasteiger charge is -2.22. The van der Waals surface area contributed by atoms with Gasteiger partial charge in [-0.1, -0.05) is 12.1 Å². The predicted molar refractivity (Wildman–Crippen MR) is 67.9 cm³/mol. The van der Waals surface area contributed by atoms with Gasteiger partial charge in [-0.15, -0.1) is 11.6 Å². The number of para-hydroxylation sites is 1. The molecule has 0 spiro atoms. The van der Waals surface area contributed by atoms with Crippen LogP contribution in [-0.4, -0.2) is 34.2 Å². The molecule has 1 aliphatic rings. The molecule has 0 N–H and O–H groups in total. The molecule has 18 heavy (non-hydrogen) atoms. The summed E-state index contributed by atoms with van der Waals surface area (Å²) in [5.74, 6) is 0.0669. The van der Waals surface area contributed by atoms with E-state index in [1.807, 2.05) is 0 Å². The van der Waals surface area contributed by atoms with Crippen LogP contribution in [-0.2, 0) is 0 Å². The molecule has 0 radical (unpaired) electrons. The van der Waals surface area contributed by atoms with E-state index in [1.165, 1.54) is 12.1 Å². The monoisotopic (exact) mass is 268 g/mol. The molecule has 2 rings (SSSR count). The van der Waals surface area contributed by atoms with Crippen molar-refractivity contribution in [2.75, 3.05) is 12.4 Å². The Bertz CT molecular complexity index is 478. The molecule has 1 aromatic carbocycles. The van der Waals surface area contributed by atoms with Crippen LogP contribution < -0.4 is 0 Å². The van der Waals surface area contributed by atoms with Crippen molar-refractivity contribution < 1.29 is 9.72 Å². The zero-order valence-corrected chi connectivity index (χ0v) is 10.5. The third kappa shape index (κ3) is 2.31. The zero-order valence-electron chi connectivity index (χ0n) is 9.71. The number of nitro benzene ring substituents is 1. The summed E-state index contributed by atoms with van der Waals surface area (Å²) in [4.78, 5) is 24.3. The number of likely N-dealkylation sites (tertiary alicyclic amines) is 1. The molecule has 1 aromatic rings. The summed E-state index contributed by atoms with van der Waals surface area (Å²) in [5.41, 5.74) is -0.0118. The second-order valence-corrected chi connectivity index (χ2v) is 4.53. The summed E-state index contributed by atoms with van der Waals surface area (Å²) in [6, 6.07) is 6.01. The van der Waals surface area contributed by atoms with Crippen LogP contribution in [0.25, 0.3) is 0 Å². The Balaban J connectivity index is 2.31. The lowest BCUT2D eigenvalue weighted by Crippen LogP contribution is -2.36. The summed E-state index contributed by atoms with van der Waals surface area (Å²) >= 11 is 5.81. The molecule has 0 saturated carbocycles. The number of amides is 1. The first-order chi connectivity index (χ1) is 8.65. The second kappa shape index (κ2) is 5.35. The molecule has 1 atom stereocenters. The van der Waals surface area contributed by atoms with Crippen molar-refractivity contribution >= 4 is 23.2 Å². The van der Waals surface area contributed by atoms with Gasteiger partial charge in [-0.25, -0.2) is 0 Å². The molecule has 0 aromatic heterocycles. The number of hydrogen-bond acceptors (Lipinski definition) is 3. The van der Waals surface area contributed by atoms with Gasteiger partial charge >= 0.3 is 0 Å². The molecular weight excluding hydrogens is 256 g/mol. The first kappa shape index (κ1) is 12.8. The molecule has 5 nitrogen and oxygen atoms in total. The van der Waals surface area contributed by atoms with Crippen molar-refractivity contribution in [3.63, 3.8) is 0 Å². The lowest BCUT2D eigenvalue weighted by molar-refractivity contribution is -0.385. The van der Waals surface area contributed by atoms with E-state index < -0.39 is 4.92 Å². The van der Waals surface area contributed by atoms with Crippen molar-refractivity contribution in [2.45, 2.75) is 18.9 Å². The topological polar surface area (TPSA) is 63.4 Å². The van der Waals surface area contributed by atoms with Gasteiger partial charge in [0, 0.05) is 24.5 Å². The van der Waals surface area contributed by atoms with Crippen molar-refractivity contribution in [1.82, 2.24) is 4.90 Å². The molecule has 6 heteroatoms. The number of halogens is 1. The fourth-order valence-electron chi connectivity index (χ4n) is 2.23. The number of carbonyl (C=O) groups excluding carboxylic acids is 1. The van der Waals surface area contributed by atoms with Crippen LogP contribution >= 0.6 is 11.6 Å². The molecule has 1 saturated heterocycles. The molecule has 1 aliphatic heterocycles. The van der Waals surface area contributed by atoms with Crippen molar-refractivity contribution in [1.29, 1.82) is 0 Å². The number of hydrogen-bond donors (Lipinski definition) is 0. The maximum Gasteiger partial charge on any atom is 0.282 e. The van der Waals surface area contributed by atoms with E-state index in [9.17, 15) is 14.9 Å². The Morgan fingerprint density at radius 2 is 2.22 bits per heavy atom. The minimum atomic E-state index is -0.529. The molecule has 1 amide bonds. The maximum absolute atomic E-state index is 12.3. The van der Waals surface area contributed by atoms with Crippen molar-refractivity contribution in [3.05, 3.63) is 39.9 Å². The maximum atomic E-state index is 12.3. The first-order valence-electron chi connectivity index (χ1n) is 5.75. The van der Waals surface area contributed by atoms with Crippen LogP contribution in [0.5, 0.6) is 0 Å². The number of nitrogens with zero attached hydrogens (tertiary/aromatic N) is 2. The predicted octanol–water partition coefficient (Wildman–Crippen LogP) is 2.44. The highest BCUT2D eigenvalue weighted by Gasteiger charge is 2.31. The quantitative estimate of drug-likeness (QED) is 0.480. The van der Waals surface area contributed by atoms with Crippen LogP contribution in [0.3, 0.4) is 0 Å². The lowest BCUT2D eigenvalue weighted by atomic mass is 10.1. The van der Waals surface area contributed by atoms with Crippen LogP contribution in [0.1, 0.15) is 23.2 Å². The van der Waals surface area contributed by atoms with E-state index in [0.29, 0.717) is 12.4 Å². The number of benzene rings is 1. The van der Waals surface area contributed by atoms with Crippen LogP contribution in [0, 0.1) is 10.1 Å². The number of rotatable bonds is 3. The van der Waals surface area contributed by atoms with Gasteiger partial charge in [0.1, 0.15) is 5.56 Å². The fraction of sp³-hybridized carbons (Fsp3) is 0.417. The Labute approximate surface area is 109 Å². The van der Waals surface area contributed by atoms with Crippen LogP contribution in [0.4, 0.5) is 5.69 Å². The minimum Gasteiger partial charge on any atom is -0.334 e. The highest BCUT2D eigenvalue weighted by atomic mass is 35.5. The summed E-state index contributed by atoms with van der Waals surface area (Å²) < 4.78 is 0. The molecule has 1 fully saturated rings. The fourth-order valence-corrected chi connectivity index (χ4v) is 2.55. The minimum absolute atomic E-state index is 0.0148. The molecular formula is C12H13ClN2O3. The van der Waals surface area contributed by atoms with Gasteiger partial charge < -0.3 is 4.90 Å². The average Bonchev–Trinajstić information content (AvgIpc) is 2.86. The first-order valence-corrected chi connectivity index (χ1v) is 6.29. The molecule has 0 bridgehead atoms. The molecule has 96 valence electrons. The number of alkyl halides is 1. The van der Waals surface area contributed by atoms with Gasteiger partial charge in [-0.2, -0.15) is 0 Å². The highest BCUT2D eigenvalue weighted by molar-refractivity contribution is 6.18. The van der Waals surface area contributed by atoms with E-state index in [-0.39, 0.29) is 23.2 Å². The molecule has 0 aliphatic carbocycles. The van der Waals surface area contributed by atoms with Gasteiger partial charge in [0.15, 0.2) is 0 Å². The van der Waals surface area contributed by atoms with E-state index in [2.05, 4.69) is 0 Å². The van der Waals surface area contributed by atoms with Crippen LogP contribution in [0.15, 0.2) is 24.3 Å². The third-order valence-electron chi connectivity index (χ3n) is 3.15. The van der Waals surface area contributed by atoms with Gasteiger partial charge in [0.25, 0.3) is 11.6 Å². The number of carbonyl (C=O) groups is 1. The van der Waals surface area contributed by atoms with Gasteiger partial charge in [0.2, 0.25) is 0 Å². The van der Waals surface area contributed by atoms with Gasteiger partial charge in [-0.05, 0) is 18.9 Å². The Morgan fingerprint density at radius 3 is 2.89 bits per heavy atom. The van der Waals surface area contributed by atoms with Crippen molar-refractivity contribution in [2.24, 2.45) is 0 Å². The van der Waals surface area contributed by atoms with Crippen molar-refractivity contribution in [3.8, 4) is 0 Å². The normalized spacial score (nSPS) is 18.9. The average molecular weight is 269 g/mol. The Morgan fingerprint density at radius 1 is 1.50 bits per heavy atom. The number of nitro groups is 1. The summed E-state index contributed by atoms with van der Waals surface area (Å²) in [6.45, 7) is 0.613. The van der Waals surface area contributed by atoms with E-state index >= 15 is 0 Å². The highest BCUT2D eigenvalue weighted by Crippen LogP contribution is 2.25. The summed E-state index contributed by atoms with van der Waals surface area (Å²) in [6.07, 6.45) is 1.75. The smallest absolute Gasteiger partial charge is 0.282 e.